The fourth-order valence-electron chi connectivity index (χ4n) is 5.23. The van der Waals surface area contributed by atoms with Crippen LogP contribution in [-0.4, -0.2) is 31.6 Å². The summed E-state index contributed by atoms with van der Waals surface area (Å²) in [4.78, 5) is 15.1. The summed E-state index contributed by atoms with van der Waals surface area (Å²) in [6, 6.07) is 8.37. The minimum Gasteiger partial charge on any atom is -0.493 e. The summed E-state index contributed by atoms with van der Waals surface area (Å²) in [5.74, 6) is 1.63. The molecule has 1 atom stereocenters. The first-order valence-electron chi connectivity index (χ1n) is 11.5. The fourth-order valence-corrected chi connectivity index (χ4v) is 5.23. The molecule has 1 aliphatic carbocycles. The van der Waals surface area contributed by atoms with E-state index in [9.17, 15) is 18.0 Å². The molecule has 1 saturated carbocycles. The van der Waals surface area contributed by atoms with E-state index in [-0.39, 0.29) is 5.91 Å². The van der Waals surface area contributed by atoms with E-state index < -0.39 is 17.8 Å². The number of methoxy groups -OCH3 is 2. The Balaban J connectivity index is 1.73. The van der Waals surface area contributed by atoms with Crippen molar-refractivity contribution in [2.24, 2.45) is 5.92 Å². The molecular formula is C26H30F3NO3. The van der Waals surface area contributed by atoms with Gasteiger partial charge in [0.1, 0.15) is 0 Å². The predicted octanol–water partition coefficient (Wildman–Crippen LogP) is 6.17. The summed E-state index contributed by atoms with van der Waals surface area (Å²) in [5, 5.41) is 0. The molecule has 4 rings (SSSR count). The summed E-state index contributed by atoms with van der Waals surface area (Å²) < 4.78 is 51.3. The Labute approximate surface area is 192 Å². The molecule has 0 N–H and O–H groups in total. The minimum absolute atomic E-state index is 0.00949. The third-order valence-electron chi connectivity index (χ3n) is 6.96. The molecule has 33 heavy (non-hydrogen) atoms. The van der Waals surface area contributed by atoms with E-state index in [0.29, 0.717) is 42.4 Å². The second kappa shape index (κ2) is 9.65. The maximum absolute atomic E-state index is 13.5. The zero-order chi connectivity index (χ0) is 23.6. The van der Waals surface area contributed by atoms with Crippen molar-refractivity contribution in [3.63, 3.8) is 0 Å². The fraction of sp³-hybridized carbons (Fsp3) is 0.500. The van der Waals surface area contributed by atoms with Gasteiger partial charge in [0.2, 0.25) is 5.91 Å². The molecule has 0 spiro atoms. The molecule has 1 amide bonds. The standard InChI is InChI=1S/C26H30F3NO3/c1-32-22-15-18-12-13-30(24(31)11-10-17-6-3-4-7-17)25(21(18)16-23(22)33-2)19-8-5-9-20(14-19)26(27,28)29/h5,8-9,14-17,25H,3-4,6-7,10-13H2,1-2H3/t25-/m1/s1. The van der Waals surface area contributed by atoms with Crippen molar-refractivity contribution >= 4 is 5.91 Å². The Morgan fingerprint density at radius 3 is 2.42 bits per heavy atom. The van der Waals surface area contributed by atoms with Crippen LogP contribution in [0.2, 0.25) is 0 Å². The molecule has 0 saturated heterocycles. The predicted molar refractivity (Wildman–Crippen MR) is 119 cm³/mol. The number of rotatable bonds is 6. The zero-order valence-corrected chi connectivity index (χ0v) is 19.1. The van der Waals surface area contributed by atoms with Gasteiger partial charge in [0.05, 0.1) is 25.8 Å². The lowest BCUT2D eigenvalue weighted by atomic mass is 9.86. The molecule has 178 valence electrons. The Hall–Kier alpha value is -2.70. The first-order chi connectivity index (χ1) is 15.8. The average molecular weight is 462 g/mol. The van der Waals surface area contributed by atoms with Gasteiger partial charge in [0, 0.05) is 13.0 Å². The van der Waals surface area contributed by atoms with Crippen LogP contribution in [0, 0.1) is 5.92 Å². The van der Waals surface area contributed by atoms with Gasteiger partial charge in [0.15, 0.2) is 11.5 Å². The molecule has 4 nitrogen and oxygen atoms in total. The largest absolute Gasteiger partial charge is 0.493 e. The Kier molecular flexibility index (Phi) is 6.86. The molecule has 0 bridgehead atoms. The molecule has 1 heterocycles. The van der Waals surface area contributed by atoms with Crippen molar-refractivity contribution in [3.05, 3.63) is 58.7 Å². The van der Waals surface area contributed by atoms with E-state index in [2.05, 4.69) is 0 Å². The van der Waals surface area contributed by atoms with Gasteiger partial charge in [-0.3, -0.25) is 4.79 Å². The summed E-state index contributed by atoms with van der Waals surface area (Å²) >= 11 is 0. The first-order valence-corrected chi connectivity index (χ1v) is 11.5. The van der Waals surface area contributed by atoms with Gasteiger partial charge in [0.25, 0.3) is 0 Å². The van der Waals surface area contributed by atoms with Crippen LogP contribution in [0.1, 0.15) is 66.8 Å². The molecule has 0 aromatic heterocycles. The van der Waals surface area contributed by atoms with Crippen LogP contribution in [0.4, 0.5) is 13.2 Å². The second-order valence-electron chi connectivity index (χ2n) is 8.96. The lowest BCUT2D eigenvalue weighted by molar-refractivity contribution is -0.137. The highest BCUT2D eigenvalue weighted by molar-refractivity contribution is 5.78. The molecule has 0 radical (unpaired) electrons. The summed E-state index contributed by atoms with van der Waals surface area (Å²) in [7, 11) is 3.08. The number of amides is 1. The van der Waals surface area contributed by atoms with Crippen molar-refractivity contribution in [1.29, 1.82) is 0 Å². The Bertz CT molecular complexity index is 999. The number of halogens is 3. The molecule has 1 aliphatic heterocycles. The number of fused-ring (bicyclic) bond motifs is 1. The zero-order valence-electron chi connectivity index (χ0n) is 19.1. The normalized spacial score (nSPS) is 18.8. The summed E-state index contributed by atoms with van der Waals surface area (Å²) in [5.41, 5.74) is 1.47. The molecule has 2 aromatic carbocycles. The van der Waals surface area contributed by atoms with Gasteiger partial charge in [-0.25, -0.2) is 0 Å². The highest BCUT2D eigenvalue weighted by atomic mass is 19.4. The van der Waals surface area contributed by atoms with Crippen molar-refractivity contribution < 1.29 is 27.4 Å². The third kappa shape index (κ3) is 4.97. The number of benzene rings is 2. The number of alkyl halides is 3. The van der Waals surface area contributed by atoms with Crippen LogP contribution in [0.3, 0.4) is 0 Å². The van der Waals surface area contributed by atoms with E-state index >= 15 is 0 Å². The van der Waals surface area contributed by atoms with Crippen molar-refractivity contribution in [1.82, 2.24) is 4.90 Å². The maximum Gasteiger partial charge on any atom is 0.416 e. The van der Waals surface area contributed by atoms with E-state index in [1.165, 1.54) is 26.0 Å². The second-order valence-corrected chi connectivity index (χ2v) is 8.96. The molecule has 2 aromatic rings. The highest BCUT2D eigenvalue weighted by Crippen LogP contribution is 2.42. The van der Waals surface area contributed by atoms with Gasteiger partial charge >= 0.3 is 6.18 Å². The van der Waals surface area contributed by atoms with Crippen molar-refractivity contribution in [2.45, 2.75) is 57.2 Å². The highest BCUT2D eigenvalue weighted by Gasteiger charge is 2.36. The van der Waals surface area contributed by atoms with E-state index in [1.807, 2.05) is 6.07 Å². The van der Waals surface area contributed by atoms with E-state index in [4.69, 9.17) is 9.47 Å². The average Bonchev–Trinajstić information content (AvgIpc) is 3.34. The number of carbonyl (C=O) groups is 1. The lowest BCUT2D eigenvalue weighted by Crippen LogP contribution is -2.40. The number of nitrogens with zero attached hydrogens (tertiary/aromatic N) is 1. The topological polar surface area (TPSA) is 38.8 Å². The number of ether oxygens (including phenoxy) is 2. The smallest absolute Gasteiger partial charge is 0.416 e. The Morgan fingerprint density at radius 1 is 1.06 bits per heavy atom. The maximum atomic E-state index is 13.5. The van der Waals surface area contributed by atoms with Gasteiger partial charge in [-0.15, -0.1) is 0 Å². The van der Waals surface area contributed by atoms with Crippen LogP contribution >= 0.6 is 0 Å². The molecule has 1 fully saturated rings. The van der Waals surface area contributed by atoms with E-state index in [1.54, 1.807) is 24.1 Å². The number of carbonyl (C=O) groups excluding carboxylic acids is 1. The van der Waals surface area contributed by atoms with Gasteiger partial charge in [-0.2, -0.15) is 13.2 Å². The van der Waals surface area contributed by atoms with Crippen LogP contribution < -0.4 is 9.47 Å². The quantitative estimate of drug-likeness (QED) is 0.517. The van der Waals surface area contributed by atoms with Crippen LogP contribution in [0.15, 0.2) is 36.4 Å². The summed E-state index contributed by atoms with van der Waals surface area (Å²) in [6.07, 6.45) is 2.15. The SMILES string of the molecule is COc1cc2c(cc1OC)[C@@H](c1cccc(C(F)(F)F)c1)N(C(=O)CCC1CCCC1)CC2. The number of hydrogen-bond acceptors (Lipinski definition) is 3. The lowest BCUT2D eigenvalue weighted by Gasteiger charge is -2.38. The monoisotopic (exact) mass is 461 g/mol. The third-order valence-corrected chi connectivity index (χ3v) is 6.96. The van der Waals surface area contributed by atoms with Gasteiger partial charge in [-0.1, -0.05) is 37.8 Å². The molecule has 2 aliphatic rings. The number of hydrogen-bond donors (Lipinski definition) is 0. The van der Waals surface area contributed by atoms with Crippen LogP contribution in [-0.2, 0) is 17.4 Å². The molecule has 0 unspecified atom stereocenters. The minimum atomic E-state index is -4.46. The van der Waals surface area contributed by atoms with E-state index in [0.717, 1.165) is 42.5 Å². The summed E-state index contributed by atoms with van der Waals surface area (Å²) in [6.45, 7) is 0.451. The van der Waals surface area contributed by atoms with Gasteiger partial charge < -0.3 is 14.4 Å². The van der Waals surface area contributed by atoms with Gasteiger partial charge in [-0.05, 0) is 59.7 Å². The van der Waals surface area contributed by atoms with Crippen LogP contribution in [0.25, 0.3) is 0 Å². The molecular weight excluding hydrogens is 431 g/mol. The van der Waals surface area contributed by atoms with Crippen molar-refractivity contribution in [3.8, 4) is 11.5 Å². The first kappa shape index (κ1) is 23.5. The van der Waals surface area contributed by atoms with Crippen molar-refractivity contribution in [2.75, 3.05) is 20.8 Å². The molecule has 7 heteroatoms. The van der Waals surface area contributed by atoms with Crippen LogP contribution in [0.5, 0.6) is 11.5 Å². The Morgan fingerprint density at radius 2 is 1.76 bits per heavy atom.